The number of nitrogens with two attached hydrogens (primary N) is 1. The number of nitrogens with one attached hydrogen (secondary N) is 1. The van der Waals surface area contributed by atoms with Gasteiger partial charge in [-0.05, 0) is 87.2 Å². The van der Waals surface area contributed by atoms with E-state index in [2.05, 4.69) is 10.2 Å². The number of benzene rings is 1. The molecule has 3 fully saturated rings. The SMILES string of the molecule is Nc1c(Cl)cc(C[C@@H](CC(=O)N2CCC(N3Cc4sccc4NC3=O)CC2)C(=O)N2CCC(N3CCCCC3)CC2)cc1C(F)(F)F. The number of hydrogen-bond acceptors (Lipinski definition) is 6. The van der Waals surface area contributed by atoms with Crippen molar-refractivity contribution < 1.29 is 27.6 Å². The van der Waals surface area contributed by atoms with Crippen LogP contribution in [0.5, 0.6) is 0 Å². The van der Waals surface area contributed by atoms with E-state index in [1.165, 1.54) is 25.3 Å². The molecule has 6 rings (SSSR count). The molecule has 4 amide bonds. The van der Waals surface area contributed by atoms with Crippen LogP contribution in [0, 0.1) is 5.92 Å². The van der Waals surface area contributed by atoms with Gasteiger partial charge >= 0.3 is 12.2 Å². The van der Waals surface area contributed by atoms with Gasteiger partial charge in [-0.25, -0.2) is 4.79 Å². The van der Waals surface area contributed by atoms with Crippen LogP contribution in [0.25, 0.3) is 0 Å². The molecule has 3 saturated heterocycles. The third-order valence-corrected chi connectivity index (χ3v) is 11.5. The molecular weight excluding hydrogens is 653 g/mol. The Morgan fingerprint density at radius 2 is 1.64 bits per heavy atom. The zero-order chi connectivity index (χ0) is 33.3. The second-order valence-electron chi connectivity index (χ2n) is 13.2. The standard InChI is InChI=1S/C33H42ClF3N6O3S/c34-26-18-21(17-25(30(26)38)33(35,36)37)16-22(31(45)42-13-4-23(5-14-42)40-9-2-1-3-10-40)19-29(44)41-11-6-24(7-12-41)43-20-28-27(8-15-47-28)39-32(43)46/h8,15,17-18,22-24H,1-7,9-14,16,19-20,38H2,(H,39,46)/t22-/m0/s1. The van der Waals surface area contributed by atoms with Crippen molar-refractivity contribution in [1.82, 2.24) is 19.6 Å². The first-order chi connectivity index (χ1) is 22.5. The molecule has 0 radical (unpaired) electrons. The maximum atomic E-state index is 14.0. The number of carbonyl (C=O) groups excluding carboxylic acids is 3. The number of hydrogen-bond donors (Lipinski definition) is 2. The summed E-state index contributed by atoms with van der Waals surface area (Å²) in [5, 5.41) is 4.66. The van der Waals surface area contributed by atoms with E-state index in [9.17, 15) is 27.6 Å². The smallest absolute Gasteiger partial charge is 0.397 e. The Balaban J connectivity index is 1.13. The van der Waals surface area contributed by atoms with E-state index in [1.807, 2.05) is 16.3 Å². The van der Waals surface area contributed by atoms with Crippen molar-refractivity contribution in [2.45, 2.75) is 82.6 Å². The minimum absolute atomic E-state index is 0.0226. The molecular formula is C33H42ClF3N6O3S. The number of urea groups is 1. The molecule has 1 aromatic carbocycles. The number of halogens is 4. The molecule has 5 heterocycles. The normalized spacial score (nSPS) is 21.0. The van der Waals surface area contributed by atoms with Crippen molar-refractivity contribution in [3.8, 4) is 0 Å². The fraction of sp³-hybridized carbons (Fsp3) is 0.606. The van der Waals surface area contributed by atoms with Crippen LogP contribution < -0.4 is 11.1 Å². The Bertz CT molecular complexity index is 1470. The van der Waals surface area contributed by atoms with Gasteiger partial charge in [0.05, 0.1) is 34.4 Å². The highest BCUT2D eigenvalue weighted by atomic mass is 35.5. The van der Waals surface area contributed by atoms with Gasteiger partial charge in [-0.3, -0.25) is 9.59 Å². The fourth-order valence-corrected chi connectivity index (χ4v) is 8.67. The van der Waals surface area contributed by atoms with Crippen LogP contribution >= 0.6 is 22.9 Å². The van der Waals surface area contributed by atoms with Gasteiger partial charge in [0.1, 0.15) is 0 Å². The lowest BCUT2D eigenvalue weighted by Gasteiger charge is -2.41. The van der Waals surface area contributed by atoms with E-state index in [4.69, 9.17) is 17.3 Å². The highest BCUT2D eigenvalue weighted by molar-refractivity contribution is 7.10. The molecule has 1 aromatic heterocycles. The highest BCUT2D eigenvalue weighted by Crippen LogP contribution is 2.39. The van der Waals surface area contributed by atoms with Crippen LogP contribution in [0.1, 0.15) is 67.4 Å². The average molecular weight is 695 g/mol. The largest absolute Gasteiger partial charge is 0.418 e. The number of alkyl halides is 3. The molecule has 0 bridgehead atoms. The van der Waals surface area contributed by atoms with E-state index >= 15 is 0 Å². The second-order valence-corrected chi connectivity index (χ2v) is 14.6. The second kappa shape index (κ2) is 14.2. The van der Waals surface area contributed by atoms with Gasteiger partial charge in [0.15, 0.2) is 0 Å². The number of likely N-dealkylation sites (tertiary alicyclic amines) is 3. The summed E-state index contributed by atoms with van der Waals surface area (Å²) in [5.41, 5.74) is 5.14. The topological polar surface area (TPSA) is 102 Å². The quantitative estimate of drug-likeness (QED) is 0.343. The Labute approximate surface area is 282 Å². The molecule has 3 N–H and O–H groups in total. The molecule has 14 heteroatoms. The lowest BCUT2D eigenvalue weighted by molar-refractivity contribution is -0.143. The summed E-state index contributed by atoms with van der Waals surface area (Å²) in [7, 11) is 0. The van der Waals surface area contributed by atoms with E-state index in [-0.39, 0.29) is 47.3 Å². The lowest BCUT2D eigenvalue weighted by Crippen LogP contribution is -2.52. The molecule has 4 aliphatic heterocycles. The Hall–Kier alpha value is -3.03. The van der Waals surface area contributed by atoms with Crippen LogP contribution in [0.3, 0.4) is 0 Å². The van der Waals surface area contributed by atoms with Gasteiger partial charge in [-0.2, -0.15) is 13.2 Å². The first-order valence-electron chi connectivity index (χ1n) is 16.6. The number of fused-ring (bicyclic) bond motifs is 1. The first-order valence-corrected chi connectivity index (χ1v) is 17.8. The zero-order valence-corrected chi connectivity index (χ0v) is 27.9. The summed E-state index contributed by atoms with van der Waals surface area (Å²) in [4.78, 5) is 49.4. The summed E-state index contributed by atoms with van der Waals surface area (Å²) in [5.74, 6) is -1.28. The molecule has 0 spiro atoms. The summed E-state index contributed by atoms with van der Waals surface area (Å²) >= 11 is 7.73. The molecule has 2 aromatic rings. The molecule has 47 heavy (non-hydrogen) atoms. The number of thiophene rings is 1. The third-order valence-electron chi connectivity index (χ3n) is 10.3. The van der Waals surface area contributed by atoms with Gasteiger partial charge in [-0.15, -0.1) is 11.3 Å². The Kier molecular flexibility index (Phi) is 10.2. The molecule has 0 saturated carbocycles. The van der Waals surface area contributed by atoms with Gasteiger partial charge < -0.3 is 30.7 Å². The van der Waals surface area contributed by atoms with Crippen LogP contribution in [0.2, 0.25) is 5.02 Å². The van der Waals surface area contributed by atoms with E-state index in [1.54, 1.807) is 21.1 Å². The predicted molar refractivity (Wildman–Crippen MR) is 176 cm³/mol. The monoisotopic (exact) mass is 694 g/mol. The van der Waals surface area contributed by atoms with E-state index < -0.39 is 23.3 Å². The fourth-order valence-electron chi connectivity index (χ4n) is 7.60. The van der Waals surface area contributed by atoms with Crippen LogP contribution in [-0.2, 0) is 28.7 Å². The average Bonchev–Trinajstić information content (AvgIpc) is 3.52. The molecule has 9 nitrogen and oxygen atoms in total. The zero-order valence-electron chi connectivity index (χ0n) is 26.4. The van der Waals surface area contributed by atoms with Gasteiger partial charge in [0.25, 0.3) is 0 Å². The van der Waals surface area contributed by atoms with Crippen molar-refractivity contribution in [3.63, 3.8) is 0 Å². The summed E-state index contributed by atoms with van der Waals surface area (Å²) in [6, 6.07) is 4.46. The maximum Gasteiger partial charge on any atom is 0.418 e. The van der Waals surface area contributed by atoms with Crippen LogP contribution in [0.4, 0.5) is 29.3 Å². The van der Waals surface area contributed by atoms with Crippen LogP contribution in [0.15, 0.2) is 23.6 Å². The molecule has 0 unspecified atom stereocenters. The molecule has 4 aliphatic rings. The first kappa shape index (κ1) is 33.9. The van der Waals surface area contributed by atoms with Gasteiger partial charge in [0, 0.05) is 49.6 Å². The summed E-state index contributed by atoms with van der Waals surface area (Å²) in [6.45, 7) is 4.64. The number of nitrogen functional groups attached to an aromatic ring is 1. The number of nitrogens with zero attached hydrogens (tertiary/aromatic N) is 4. The van der Waals surface area contributed by atoms with Crippen molar-refractivity contribution in [2.24, 2.45) is 5.92 Å². The number of carbonyl (C=O) groups is 3. The highest BCUT2D eigenvalue weighted by Gasteiger charge is 2.38. The van der Waals surface area contributed by atoms with Crippen molar-refractivity contribution in [3.05, 3.63) is 44.6 Å². The number of rotatable bonds is 7. The lowest BCUT2D eigenvalue weighted by atomic mass is 9.91. The van der Waals surface area contributed by atoms with Crippen LogP contribution in [-0.4, -0.2) is 88.8 Å². The Morgan fingerprint density at radius 1 is 0.979 bits per heavy atom. The number of anilines is 2. The summed E-state index contributed by atoms with van der Waals surface area (Å²) < 4.78 is 41.3. The van der Waals surface area contributed by atoms with Gasteiger partial charge in [0.2, 0.25) is 11.8 Å². The maximum absolute atomic E-state index is 14.0. The van der Waals surface area contributed by atoms with Gasteiger partial charge in [-0.1, -0.05) is 18.0 Å². The van der Waals surface area contributed by atoms with E-state index in [0.717, 1.165) is 42.6 Å². The minimum atomic E-state index is -4.71. The molecule has 256 valence electrons. The molecule has 0 aliphatic carbocycles. The van der Waals surface area contributed by atoms with E-state index in [0.29, 0.717) is 51.6 Å². The molecule has 1 atom stereocenters. The predicted octanol–water partition coefficient (Wildman–Crippen LogP) is 6.07. The summed E-state index contributed by atoms with van der Waals surface area (Å²) in [6.07, 6.45) is 1.60. The Morgan fingerprint density at radius 3 is 2.32 bits per heavy atom. The van der Waals surface area contributed by atoms with Crippen molar-refractivity contribution >= 4 is 52.2 Å². The number of piperidine rings is 3. The minimum Gasteiger partial charge on any atom is -0.397 e. The van der Waals surface area contributed by atoms with Crippen molar-refractivity contribution in [1.29, 1.82) is 0 Å². The third kappa shape index (κ3) is 7.67. The number of amides is 4. The van der Waals surface area contributed by atoms with Crippen molar-refractivity contribution in [2.75, 3.05) is 50.3 Å².